The molecule has 1 aromatic heterocycles. The summed E-state index contributed by atoms with van der Waals surface area (Å²) >= 11 is 0. The van der Waals surface area contributed by atoms with Crippen molar-refractivity contribution >= 4 is 12.0 Å². The first-order valence-corrected chi connectivity index (χ1v) is 7.88. The number of nitrogen functional groups attached to an aromatic ring is 1. The number of nitrogens with two attached hydrogens (primary N) is 1. The summed E-state index contributed by atoms with van der Waals surface area (Å²) in [6, 6.07) is 14.4. The molecule has 0 aliphatic heterocycles. The second-order valence-electron chi connectivity index (χ2n) is 5.65. The summed E-state index contributed by atoms with van der Waals surface area (Å²) in [6.07, 6.45) is -3.48. The van der Waals surface area contributed by atoms with E-state index in [4.69, 9.17) is 24.8 Å². The lowest BCUT2D eigenvalue weighted by Gasteiger charge is -2.09. The average molecular weight is 394 g/mol. The van der Waals surface area contributed by atoms with Gasteiger partial charge in [-0.15, -0.1) is 0 Å². The minimum Gasteiger partial charge on any atom is -0.496 e. The van der Waals surface area contributed by atoms with E-state index < -0.39 is 12.1 Å². The van der Waals surface area contributed by atoms with Gasteiger partial charge in [-0.1, -0.05) is 35.9 Å². The summed E-state index contributed by atoms with van der Waals surface area (Å²) in [6.45, 7) is 2.07. The number of hydrogen-bond acceptors (Lipinski definition) is 5. The van der Waals surface area contributed by atoms with Crippen molar-refractivity contribution < 1.29 is 32.2 Å². The molecule has 0 aliphatic carbocycles. The Morgan fingerprint density at radius 2 is 1.82 bits per heavy atom. The van der Waals surface area contributed by atoms with Gasteiger partial charge in [-0.3, -0.25) is 0 Å². The first-order chi connectivity index (χ1) is 13.1. The summed E-state index contributed by atoms with van der Waals surface area (Å²) in [5, 5.41) is 7.12. The second kappa shape index (κ2) is 8.47. The molecular weight excluding hydrogens is 377 g/mol. The zero-order valence-corrected chi connectivity index (χ0v) is 14.9. The highest BCUT2D eigenvalue weighted by Gasteiger charge is 2.38. The third kappa shape index (κ3) is 5.26. The third-order valence-electron chi connectivity index (χ3n) is 3.58. The molecule has 9 heteroatoms. The van der Waals surface area contributed by atoms with Gasteiger partial charge in [0.25, 0.3) is 6.01 Å². The van der Waals surface area contributed by atoms with E-state index >= 15 is 0 Å². The Morgan fingerprint density at radius 1 is 1.18 bits per heavy atom. The number of halogens is 3. The topological polar surface area (TPSA) is 98.6 Å². The minimum atomic E-state index is -5.08. The van der Waals surface area contributed by atoms with Gasteiger partial charge in [0.2, 0.25) is 0 Å². The lowest BCUT2D eigenvalue weighted by Crippen LogP contribution is -2.21. The highest BCUT2D eigenvalue weighted by molar-refractivity contribution is 5.75. The lowest BCUT2D eigenvalue weighted by atomic mass is 10.00. The normalized spacial score (nSPS) is 10.8. The molecule has 0 saturated heterocycles. The number of aliphatic carboxylic acids is 1. The van der Waals surface area contributed by atoms with Gasteiger partial charge in [0.15, 0.2) is 5.76 Å². The number of carbonyl (C=O) groups is 1. The molecule has 0 fully saturated rings. The third-order valence-corrected chi connectivity index (χ3v) is 3.58. The van der Waals surface area contributed by atoms with Crippen molar-refractivity contribution in [2.75, 3.05) is 12.8 Å². The molecular formula is C19H17F3N2O4. The van der Waals surface area contributed by atoms with Crippen LogP contribution in [0.25, 0.3) is 22.5 Å². The van der Waals surface area contributed by atoms with E-state index in [1.807, 2.05) is 24.3 Å². The molecule has 0 amide bonds. The van der Waals surface area contributed by atoms with Crippen LogP contribution in [0, 0.1) is 6.92 Å². The van der Waals surface area contributed by atoms with Crippen LogP contribution in [0.3, 0.4) is 0 Å². The first kappa shape index (κ1) is 20.8. The monoisotopic (exact) mass is 394 g/mol. The van der Waals surface area contributed by atoms with Crippen molar-refractivity contribution in [3.63, 3.8) is 0 Å². The quantitative estimate of drug-likeness (QED) is 0.677. The van der Waals surface area contributed by atoms with E-state index in [1.54, 1.807) is 13.3 Å². The van der Waals surface area contributed by atoms with Gasteiger partial charge >= 0.3 is 12.1 Å². The predicted octanol–water partition coefficient (Wildman–Crippen LogP) is 4.54. The Labute approximate surface area is 158 Å². The number of carboxylic acids is 1. The van der Waals surface area contributed by atoms with Gasteiger partial charge < -0.3 is 20.0 Å². The first-order valence-electron chi connectivity index (χ1n) is 7.88. The molecule has 0 atom stereocenters. The fourth-order valence-corrected chi connectivity index (χ4v) is 2.32. The van der Waals surface area contributed by atoms with Gasteiger partial charge in [0.05, 0.1) is 18.9 Å². The standard InChI is InChI=1S/C17H16N2O2.C2HF3O2/c1-11-4-3-5-12(8-11)13-6-7-15(20-2)14(9-13)16-10-19-17(18)21-16;3-2(4,5)1(6)7/h3-10H,1-2H3,(H2,18,19);(H,6,7). The molecule has 0 aliphatic rings. The molecule has 2 aromatic carbocycles. The van der Waals surface area contributed by atoms with Crippen LogP contribution >= 0.6 is 0 Å². The molecule has 6 nitrogen and oxygen atoms in total. The number of nitrogens with zero attached hydrogens (tertiary/aromatic N) is 1. The van der Waals surface area contributed by atoms with Crippen molar-refractivity contribution in [2.45, 2.75) is 13.1 Å². The van der Waals surface area contributed by atoms with Gasteiger partial charge in [-0.25, -0.2) is 9.78 Å². The number of rotatable bonds is 3. The lowest BCUT2D eigenvalue weighted by molar-refractivity contribution is -0.192. The van der Waals surface area contributed by atoms with Crippen molar-refractivity contribution in [2.24, 2.45) is 0 Å². The highest BCUT2D eigenvalue weighted by Crippen LogP contribution is 2.35. The molecule has 1 heterocycles. The molecule has 3 N–H and O–H groups in total. The number of anilines is 1. The van der Waals surface area contributed by atoms with Crippen LogP contribution < -0.4 is 10.5 Å². The van der Waals surface area contributed by atoms with Crippen molar-refractivity contribution in [3.05, 3.63) is 54.2 Å². The van der Waals surface area contributed by atoms with E-state index in [2.05, 4.69) is 30.1 Å². The van der Waals surface area contributed by atoms with E-state index in [9.17, 15) is 13.2 Å². The Morgan fingerprint density at radius 3 is 2.32 bits per heavy atom. The van der Waals surface area contributed by atoms with Crippen molar-refractivity contribution in [3.8, 4) is 28.2 Å². The molecule has 0 spiro atoms. The van der Waals surface area contributed by atoms with Crippen LogP contribution in [0.4, 0.5) is 19.2 Å². The van der Waals surface area contributed by atoms with Crippen LogP contribution in [0.15, 0.2) is 53.1 Å². The Bertz CT molecular complexity index is 968. The number of ether oxygens (including phenoxy) is 1. The Hall–Kier alpha value is -3.49. The van der Waals surface area contributed by atoms with Gasteiger partial charge in [-0.05, 0) is 30.2 Å². The number of carboxylic acid groups (broad SMARTS) is 1. The van der Waals surface area contributed by atoms with Crippen molar-refractivity contribution in [1.29, 1.82) is 0 Å². The Kier molecular flexibility index (Phi) is 6.29. The molecule has 3 aromatic rings. The van der Waals surface area contributed by atoms with Crippen LogP contribution in [-0.4, -0.2) is 29.3 Å². The number of hydrogen-bond donors (Lipinski definition) is 2. The number of oxazole rings is 1. The van der Waals surface area contributed by atoms with Crippen molar-refractivity contribution in [1.82, 2.24) is 4.98 Å². The molecule has 0 radical (unpaired) electrons. The summed E-state index contributed by atoms with van der Waals surface area (Å²) in [4.78, 5) is 12.8. The summed E-state index contributed by atoms with van der Waals surface area (Å²) in [5.74, 6) is -1.44. The molecule has 0 bridgehead atoms. The van der Waals surface area contributed by atoms with E-state index in [0.717, 1.165) is 22.4 Å². The van der Waals surface area contributed by atoms with Crippen LogP contribution in [0.2, 0.25) is 0 Å². The van der Waals surface area contributed by atoms with Gasteiger partial charge in [-0.2, -0.15) is 13.2 Å². The zero-order chi connectivity index (χ0) is 20.9. The summed E-state index contributed by atoms with van der Waals surface area (Å²) in [5.41, 5.74) is 9.84. The SMILES string of the molecule is COc1ccc(-c2cccc(C)c2)cc1-c1cnc(N)o1.O=C(O)C(F)(F)F. The maximum atomic E-state index is 10.6. The van der Waals surface area contributed by atoms with E-state index in [0.29, 0.717) is 5.76 Å². The summed E-state index contributed by atoms with van der Waals surface area (Å²) < 4.78 is 42.5. The number of aryl methyl sites for hydroxylation is 1. The maximum absolute atomic E-state index is 10.6. The number of benzene rings is 2. The van der Waals surface area contributed by atoms with Crippen LogP contribution in [0.1, 0.15) is 5.56 Å². The molecule has 28 heavy (non-hydrogen) atoms. The number of aromatic nitrogens is 1. The van der Waals surface area contributed by atoms with E-state index in [1.165, 1.54) is 5.56 Å². The highest BCUT2D eigenvalue weighted by atomic mass is 19.4. The summed E-state index contributed by atoms with van der Waals surface area (Å²) in [7, 11) is 1.63. The predicted molar refractivity (Wildman–Crippen MR) is 96.8 cm³/mol. The minimum absolute atomic E-state index is 0.146. The molecule has 0 unspecified atom stereocenters. The van der Waals surface area contributed by atoms with Gasteiger partial charge in [0.1, 0.15) is 5.75 Å². The largest absolute Gasteiger partial charge is 0.496 e. The second-order valence-corrected chi connectivity index (χ2v) is 5.65. The van der Waals surface area contributed by atoms with Gasteiger partial charge in [0, 0.05) is 0 Å². The fourth-order valence-electron chi connectivity index (χ4n) is 2.32. The zero-order valence-electron chi connectivity index (χ0n) is 14.9. The van der Waals surface area contributed by atoms with Crippen LogP contribution in [0.5, 0.6) is 5.75 Å². The molecule has 3 rings (SSSR count). The van der Waals surface area contributed by atoms with E-state index in [-0.39, 0.29) is 6.01 Å². The smallest absolute Gasteiger partial charge is 0.490 e. The fraction of sp³-hybridized carbons (Fsp3) is 0.158. The number of alkyl halides is 3. The van der Waals surface area contributed by atoms with Crippen LogP contribution in [-0.2, 0) is 4.79 Å². The Balaban J connectivity index is 0.000000345. The maximum Gasteiger partial charge on any atom is 0.490 e. The molecule has 0 saturated carbocycles. The average Bonchev–Trinajstić information content (AvgIpc) is 3.07. The molecule has 148 valence electrons. The number of methoxy groups -OCH3 is 1.